The molecule has 0 spiro atoms. The monoisotopic (exact) mass is 241 g/mol. The molecule has 2 N–H and O–H groups in total. The Hall–Kier alpha value is -1.40. The number of rotatable bonds is 2. The van der Waals surface area contributed by atoms with Crippen molar-refractivity contribution in [2.45, 2.75) is 13.0 Å². The van der Waals surface area contributed by atoms with E-state index in [9.17, 15) is 8.78 Å². The van der Waals surface area contributed by atoms with Crippen LogP contribution in [0.2, 0.25) is 0 Å². The highest BCUT2D eigenvalue weighted by molar-refractivity contribution is 7.05. The molecule has 0 saturated heterocycles. The van der Waals surface area contributed by atoms with Crippen molar-refractivity contribution < 1.29 is 8.78 Å². The van der Waals surface area contributed by atoms with E-state index in [-0.39, 0.29) is 0 Å². The molecule has 0 saturated carbocycles. The normalized spacial score (nSPS) is 12.8. The number of hydrogen-bond donors (Lipinski definition) is 1. The lowest BCUT2D eigenvalue weighted by molar-refractivity contribution is 0.577. The predicted octanol–water partition coefficient (Wildman–Crippen LogP) is 2.17. The summed E-state index contributed by atoms with van der Waals surface area (Å²) in [6.07, 6.45) is 0. The third-order valence-electron chi connectivity index (χ3n) is 2.21. The van der Waals surface area contributed by atoms with Gasteiger partial charge in [0.25, 0.3) is 0 Å². The van der Waals surface area contributed by atoms with Gasteiger partial charge < -0.3 is 5.73 Å². The van der Waals surface area contributed by atoms with Gasteiger partial charge in [-0.05, 0) is 36.2 Å². The van der Waals surface area contributed by atoms with Gasteiger partial charge in [0.1, 0.15) is 11.6 Å². The molecule has 84 valence electrons. The minimum atomic E-state index is -0.638. The molecule has 1 aromatic heterocycles. The second kappa shape index (κ2) is 4.23. The summed E-state index contributed by atoms with van der Waals surface area (Å²) >= 11 is 1.13. The first-order valence-corrected chi connectivity index (χ1v) is 5.35. The molecule has 0 bridgehead atoms. The maximum Gasteiger partial charge on any atom is 0.126 e. The second-order valence-corrected chi connectivity index (χ2v) is 4.19. The van der Waals surface area contributed by atoms with Crippen molar-refractivity contribution in [3.63, 3.8) is 0 Å². The summed E-state index contributed by atoms with van der Waals surface area (Å²) in [7, 11) is 0. The van der Waals surface area contributed by atoms with E-state index in [0.29, 0.717) is 16.1 Å². The fraction of sp³-hybridized carbons (Fsp3) is 0.200. The number of aryl methyl sites for hydroxylation is 1. The molecule has 1 atom stereocenters. The largest absolute Gasteiger partial charge is 0.319 e. The van der Waals surface area contributed by atoms with E-state index in [1.54, 1.807) is 6.92 Å². The molecular weight excluding hydrogens is 232 g/mol. The molecule has 1 aromatic carbocycles. The number of hydrogen-bond acceptors (Lipinski definition) is 4. The molecular formula is C10H9F2N3S. The van der Waals surface area contributed by atoms with Crippen LogP contribution in [0.3, 0.4) is 0 Å². The molecule has 1 heterocycles. The molecule has 0 aliphatic carbocycles. The van der Waals surface area contributed by atoms with Gasteiger partial charge >= 0.3 is 0 Å². The number of halogens is 2. The Balaban J connectivity index is 2.41. The molecule has 0 aliphatic rings. The summed E-state index contributed by atoms with van der Waals surface area (Å²) in [5.41, 5.74) is 6.96. The van der Waals surface area contributed by atoms with Gasteiger partial charge in [0.05, 0.1) is 16.6 Å². The summed E-state index contributed by atoms with van der Waals surface area (Å²) < 4.78 is 29.8. The van der Waals surface area contributed by atoms with Gasteiger partial charge in [0.15, 0.2) is 0 Å². The van der Waals surface area contributed by atoms with Gasteiger partial charge in [-0.2, -0.15) is 0 Å². The zero-order chi connectivity index (χ0) is 11.7. The van der Waals surface area contributed by atoms with Crippen LogP contribution >= 0.6 is 11.5 Å². The van der Waals surface area contributed by atoms with Gasteiger partial charge in [-0.3, -0.25) is 0 Å². The van der Waals surface area contributed by atoms with E-state index in [2.05, 4.69) is 9.59 Å². The highest BCUT2D eigenvalue weighted by Gasteiger charge is 2.16. The first-order valence-electron chi connectivity index (χ1n) is 4.58. The highest BCUT2D eigenvalue weighted by atomic mass is 32.1. The van der Waals surface area contributed by atoms with Crippen LogP contribution in [0.4, 0.5) is 8.78 Å². The highest BCUT2D eigenvalue weighted by Crippen LogP contribution is 2.25. The Labute approximate surface area is 95.1 Å². The van der Waals surface area contributed by atoms with Crippen LogP contribution in [-0.4, -0.2) is 9.59 Å². The van der Waals surface area contributed by atoms with Crippen LogP contribution in [0.25, 0.3) is 0 Å². The van der Waals surface area contributed by atoms with Gasteiger partial charge in [-0.25, -0.2) is 8.78 Å². The van der Waals surface area contributed by atoms with Crippen LogP contribution in [0.15, 0.2) is 18.2 Å². The summed E-state index contributed by atoms with van der Waals surface area (Å²) in [6, 6.07) is 2.65. The Morgan fingerprint density at radius 1 is 1.25 bits per heavy atom. The summed E-state index contributed by atoms with van der Waals surface area (Å²) in [4.78, 5) is 0.713. The van der Waals surface area contributed by atoms with Crippen LogP contribution in [0, 0.1) is 18.6 Å². The Kier molecular flexibility index (Phi) is 2.93. The summed E-state index contributed by atoms with van der Waals surface area (Å²) in [6.45, 7) is 1.76. The van der Waals surface area contributed by atoms with Crippen molar-refractivity contribution in [1.29, 1.82) is 0 Å². The smallest absolute Gasteiger partial charge is 0.126 e. The molecule has 0 radical (unpaired) electrons. The van der Waals surface area contributed by atoms with Gasteiger partial charge in [-0.1, -0.05) is 4.49 Å². The van der Waals surface area contributed by atoms with E-state index < -0.39 is 17.7 Å². The quantitative estimate of drug-likeness (QED) is 0.876. The van der Waals surface area contributed by atoms with E-state index in [4.69, 9.17) is 5.73 Å². The van der Waals surface area contributed by atoms with Crippen LogP contribution in [0.1, 0.15) is 22.2 Å². The van der Waals surface area contributed by atoms with Crippen molar-refractivity contribution in [2.75, 3.05) is 0 Å². The third kappa shape index (κ3) is 2.07. The second-order valence-electron chi connectivity index (χ2n) is 3.40. The van der Waals surface area contributed by atoms with E-state index in [1.165, 1.54) is 12.1 Å². The average molecular weight is 241 g/mol. The Morgan fingerprint density at radius 2 is 1.88 bits per heavy atom. The topological polar surface area (TPSA) is 51.8 Å². The first kappa shape index (κ1) is 11.1. The lowest BCUT2D eigenvalue weighted by Gasteiger charge is -2.10. The predicted molar refractivity (Wildman–Crippen MR) is 57.0 cm³/mol. The lowest BCUT2D eigenvalue weighted by atomic mass is 10.1. The maximum absolute atomic E-state index is 13.0. The molecule has 3 nitrogen and oxygen atoms in total. The maximum atomic E-state index is 13.0. The van der Waals surface area contributed by atoms with Crippen LogP contribution in [0.5, 0.6) is 0 Å². The van der Waals surface area contributed by atoms with Crippen molar-refractivity contribution in [3.8, 4) is 0 Å². The minimum absolute atomic E-state index is 0.381. The molecule has 16 heavy (non-hydrogen) atoms. The Bertz CT molecular complexity index is 492. The van der Waals surface area contributed by atoms with E-state index in [1.807, 2.05) is 0 Å². The third-order valence-corrected chi connectivity index (χ3v) is 3.12. The minimum Gasteiger partial charge on any atom is -0.319 e. The summed E-state index contributed by atoms with van der Waals surface area (Å²) in [5.74, 6) is -1.28. The van der Waals surface area contributed by atoms with Gasteiger partial charge in [0.2, 0.25) is 0 Å². The zero-order valence-electron chi connectivity index (χ0n) is 8.45. The molecule has 0 fully saturated rings. The number of nitrogens with zero attached hydrogens (tertiary/aromatic N) is 2. The van der Waals surface area contributed by atoms with Crippen molar-refractivity contribution in [1.82, 2.24) is 9.59 Å². The average Bonchev–Trinajstić information content (AvgIpc) is 2.62. The van der Waals surface area contributed by atoms with Crippen LogP contribution in [-0.2, 0) is 0 Å². The van der Waals surface area contributed by atoms with Crippen molar-refractivity contribution >= 4 is 11.5 Å². The summed E-state index contributed by atoms with van der Waals surface area (Å²) in [5, 5.41) is 3.81. The van der Waals surface area contributed by atoms with E-state index in [0.717, 1.165) is 17.6 Å². The fourth-order valence-corrected chi connectivity index (χ4v) is 2.10. The molecule has 0 amide bonds. The fourth-order valence-electron chi connectivity index (χ4n) is 1.43. The SMILES string of the molecule is Cc1nnsc1C(N)c1cc(F)cc(F)c1. The molecule has 1 unspecified atom stereocenters. The number of aromatic nitrogens is 2. The van der Waals surface area contributed by atoms with Crippen molar-refractivity contribution in [2.24, 2.45) is 5.73 Å². The molecule has 2 aromatic rings. The molecule has 0 aliphatic heterocycles. The Morgan fingerprint density at radius 3 is 2.38 bits per heavy atom. The van der Waals surface area contributed by atoms with E-state index >= 15 is 0 Å². The number of benzene rings is 1. The number of nitrogens with two attached hydrogens (primary N) is 1. The van der Waals surface area contributed by atoms with Gasteiger partial charge in [-0.15, -0.1) is 5.10 Å². The lowest BCUT2D eigenvalue weighted by Crippen LogP contribution is -2.12. The zero-order valence-corrected chi connectivity index (χ0v) is 9.26. The molecule has 6 heteroatoms. The first-order chi connectivity index (χ1) is 7.58. The van der Waals surface area contributed by atoms with Gasteiger partial charge in [0, 0.05) is 6.07 Å². The molecule has 2 rings (SSSR count). The van der Waals surface area contributed by atoms with Crippen LogP contribution < -0.4 is 5.73 Å². The van der Waals surface area contributed by atoms with Crippen molar-refractivity contribution in [3.05, 3.63) is 46.0 Å². The standard InChI is InChI=1S/C10H9F2N3S/c1-5-10(16-15-14-5)9(13)6-2-7(11)4-8(12)3-6/h2-4,9H,13H2,1H3.